The van der Waals surface area contributed by atoms with Gasteiger partial charge in [-0.2, -0.15) is 0 Å². The van der Waals surface area contributed by atoms with E-state index < -0.39 is 7.80 Å². The first-order valence-electron chi connectivity index (χ1n) is 5.95. The average molecular weight is 239 g/mol. The summed E-state index contributed by atoms with van der Waals surface area (Å²) in [6.07, 6.45) is 4.16. The van der Waals surface area contributed by atoms with Crippen LogP contribution in [0.5, 0.6) is 5.75 Å². The van der Waals surface area contributed by atoms with E-state index in [0.717, 1.165) is 30.1 Å². The standard InChI is InChI=1S/C13H20O2P/c1-3-5-6-10-16(14)13-9-7-8-12(11-13)15-4-2/h7-9,11H,3-6,10H2,1-2H3/q+1. The molecule has 0 bridgehead atoms. The number of hydrogen-bond acceptors (Lipinski definition) is 2. The minimum atomic E-state index is -1.24. The third kappa shape index (κ3) is 4.32. The molecule has 0 aliphatic heterocycles. The second-order valence-corrected chi connectivity index (χ2v) is 5.46. The summed E-state index contributed by atoms with van der Waals surface area (Å²) < 4.78 is 17.4. The molecule has 0 aliphatic carbocycles. The Morgan fingerprint density at radius 1 is 1.25 bits per heavy atom. The number of rotatable bonds is 7. The van der Waals surface area contributed by atoms with E-state index in [1.165, 1.54) is 6.42 Å². The predicted molar refractivity (Wildman–Crippen MR) is 69.2 cm³/mol. The van der Waals surface area contributed by atoms with Gasteiger partial charge in [0.25, 0.3) is 0 Å². The molecule has 2 nitrogen and oxygen atoms in total. The molecule has 1 aromatic carbocycles. The van der Waals surface area contributed by atoms with Gasteiger partial charge in [0.05, 0.1) is 6.61 Å². The van der Waals surface area contributed by atoms with Crippen molar-refractivity contribution in [3.05, 3.63) is 24.3 Å². The quantitative estimate of drug-likeness (QED) is 0.535. The Kier molecular flexibility index (Phi) is 6.10. The molecule has 88 valence electrons. The third-order valence-electron chi connectivity index (χ3n) is 2.38. The molecule has 0 heterocycles. The largest absolute Gasteiger partial charge is 0.494 e. The van der Waals surface area contributed by atoms with Crippen molar-refractivity contribution in [1.29, 1.82) is 0 Å². The molecular formula is C13H20O2P+. The molecule has 1 atom stereocenters. The molecule has 0 amide bonds. The molecule has 0 fully saturated rings. The first kappa shape index (κ1) is 13.2. The predicted octanol–water partition coefficient (Wildman–Crippen LogP) is 3.73. The van der Waals surface area contributed by atoms with Crippen molar-refractivity contribution >= 4 is 13.1 Å². The van der Waals surface area contributed by atoms with Crippen LogP contribution >= 0.6 is 7.80 Å². The van der Waals surface area contributed by atoms with Crippen LogP contribution in [0.2, 0.25) is 0 Å². The highest BCUT2D eigenvalue weighted by Crippen LogP contribution is 2.24. The van der Waals surface area contributed by atoms with Crippen molar-refractivity contribution in [1.82, 2.24) is 0 Å². The van der Waals surface area contributed by atoms with Gasteiger partial charge in [-0.05, 0) is 31.9 Å². The van der Waals surface area contributed by atoms with E-state index in [-0.39, 0.29) is 0 Å². The maximum Gasteiger partial charge on any atom is 0.376 e. The summed E-state index contributed by atoms with van der Waals surface area (Å²) in [5.74, 6) is 0.818. The number of hydrogen-bond donors (Lipinski definition) is 0. The van der Waals surface area contributed by atoms with Crippen LogP contribution in [0, 0.1) is 0 Å². The van der Waals surface area contributed by atoms with E-state index in [1.54, 1.807) is 0 Å². The van der Waals surface area contributed by atoms with E-state index in [2.05, 4.69) is 6.92 Å². The lowest BCUT2D eigenvalue weighted by atomic mass is 10.3. The maximum atomic E-state index is 12.0. The topological polar surface area (TPSA) is 26.3 Å². The molecule has 0 saturated carbocycles. The molecule has 3 heteroatoms. The summed E-state index contributed by atoms with van der Waals surface area (Å²) in [7, 11) is -1.24. The molecule has 16 heavy (non-hydrogen) atoms. The average Bonchev–Trinajstić information content (AvgIpc) is 2.30. The zero-order valence-electron chi connectivity index (χ0n) is 10.1. The normalized spacial score (nSPS) is 11.2. The lowest BCUT2D eigenvalue weighted by Crippen LogP contribution is -2.00. The highest BCUT2D eigenvalue weighted by Gasteiger charge is 2.18. The summed E-state index contributed by atoms with van der Waals surface area (Å²) >= 11 is 0. The SMILES string of the molecule is CCCCC[P+](=O)c1cccc(OCC)c1. The van der Waals surface area contributed by atoms with Crippen molar-refractivity contribution in [2.45, 2.75) is 33.1 Å². The summed E-state index contributed by atoms with van der Waals surface area (Å²) in [6.45, 7) is 4.76. The van der Waals surface area contributed by atoms with Crippen LogP contribution in [0.4, 0.5) is 0 Å². The van der Waals surface area contributed by atoms with E-state index in [4.69, 9.17) is 4.74 Å². The molecule has 1 rings (SSSR count). The van der Waals surface area contributed by atoms with Gasteiger partial charge in [0, 0.05) is 6.07 Å². The fourth-order valence-corrected chi connectivity index (χ4v) is 2.82. The zero-order chi connectivity index (χ0) is 11.8. The van der Waals surface area contributed by atoms with E-state index in [0.29, 0.717) is 6.61 Å². The van der Waals surface area contributed by atoms with Gasteiger partial charge in [-0.15, -0.1) is 0 Å². The molecule has 0 radical (unpaired) electrons. The zero-order valence-corrected chi connectivity index (χ0v) is 11.0. The van der Waals surface area contributed by atoms with Gasteiger partial charge in [0.1, 0.15) is 5.75 Å². The smallest absolute Gasteiger partial charge is 0.376 e. The van der Waals surface area contributed by atoms with Crippen LogP contribution in [-0.2, 0) is 4.57 Å². The fraction of sp³-hybridized carbons (Fsp3) is 0.538. The van der Waals surface area contributed by atoms with Gasteiger partial charge in [-0.1, -0.05) is 24.0 Å². The summed E-state index contributed by atoms with van der Waals surface area (Å²) in [5, 5.41) is 0.914. The molecule has 0 aromatic heterocycles. The number of unbranched alkanes of at least 4 members (excludes halogenated alkanes) is 2. The summed E-state index contributed by atoms with van der Waals surface area (Å²) in [4.78, 5) is 0. The van der Waals surface area contributed by atoms with E-state index >= 15 is 0 Å². The van der Waals surface area contributed by atoms with Crippen molar-refractivity contribution in [3.8, 4) is 5.75 Å². The molecule has 1 aromatic rings. The van der Waals surface area contributed by atoms with Gasteiger partial charge in [-0.3, -0.25) is 0 Å². The van der Waals surface area contributed by atoms with Crippen LogP contribution in [0.25, 0.3) is 0 Å². The van der Waals surface area contributed by atoms with Crippen molar-refractivity contribution in [2.24, 2.45) is 0 Å². The second kappa shape index (κ2) is 7.40. The molecule has 0 saturated heterocycles. The van der Waals surface area contributed by atoms with Crippen LogP contribution < -0.4 is 10.0 Å². The molecule has 0 spiro atoms. The van der Waals surface area contributed by atoms with E-state index in [1.807, 2.05) is 31.2 Å². The highest BCUT2D eigenvalue weighted by atomic mass is 31.1. The molecule has 1 unspecified atom stereocenters. The lowest BCUT2D eigenvalue weighted by Gasteiger charge is -2.00. The highest BCUT2D eigenvalue weighted by molar-refractivity contribution is 7.53. The van der Waals surface area contributed by atoms with Crippen molar-refractivity contribution in [3.63, 3.8) is 0 Å². The maximum absolute atomic E-state index is 12.0. The van der Waals surface area contributed by atoms with Crippen LogP contribution in [0.3, 0.4) is 0 Å². The lowest BCUT2D eigenvalue weighted by molar-refractivity contribution is 0.340. The Bertz CT molecular complexity index is 336. The van der Waals surface area contributed by atoms with Gasteiger partial charge in [0.15, 0.2) is 11.5 Å². The van der Waals surface area contributed by atoms with Crippen LogP contribution in [0.15, 0.2) is 24.3 Å². The minimum absolute atomic E-state index is 0.649. The van der Waals surface area contributed by atoms with E-state index in [9.17, 15) is 4.57 Å². The Hall–Kier alpha value is -0.880. The first-order valence-corrected chi connectivity index (χ1v) is 7.40. The number of benzene rings is 1. The Labute approximate surface area is 98.8 Å². The van der Waals surface area contributed by atoms with Crippen LogP contribution in [-0.4, -0.2) is 12.8 Å². The first-order chi connectivity index (χ1) is 7.77. The third-order valence-corrected chi connectivity index (χ3v) is 3.96. The Morgan fingerprint density at radius 3 is 2.75 bits per heavy atom. The van der Waals surface area contributed by atoms with Gasteiger partial charge < -0.3 is 4.74 Å². The Morgan fingerprint density at radius 2 is 2.06 bits per heavy atom. The minimum Gasteiger partial charge on any atom is -0.494 e. The monoisotopic (exact) mass is 239 g/mol. The number of ether oxygens (including phenoxy) is 1. The van der Waals surface area contributed by atoms with Crippen molar-refractivity contribution in [2.75, 3.05) is 12.8 Å². The Balaban J connectivity index is 2.57. The molecule has 0 N–H and O–H groups in total. The van der Waals surface area contributed by atoms with Gasteiger partial charge >= 0.3 is 7.80 Å². The fourth-order valence-electron chi connectivity index (χ4n) is 1.53. The summed E-state index contributed by atoms with van der Waals surface area (Å²) in [5.41, 5.74) is 0. The second-order valence-electron chi connectivity index (χ2n) is 3.74. The van der Waals surface area contributed by atoms with Gasteiger partial charge in [-0.25, -0.2) is 0 Å². The summed E-state index contributed by atoms with van der Waals surface area (Å²) in [6, 6.07) is 7.64. The molecule has 0 aliphatic rings. The van der Waals surface area contributed by atoms with Crippen LogP contribution in [0.1, 0.15) is 33.1 Å². The van der Waals surface area contributed by atoms with Crippen molar-refractivity contribution < 1.29 is 9.30 Å². The molecular weight excluding hydrogens is 219 g/mol. The van der Waals surface area contributed by atoms with Gasteiger partial charge in [0.2, 0.25) is 0 Å².